The highest BCUT2D eigenvalue weighted by molar-refractivity contribution is 6.29. The molecule has 2 aromatic heterocycles. The fourth-order valence-corrected chi connectivity index (χ4v) is 1.29. The molecule has 0 bridgehead atoms. The molecule has 1 N–H and O–H groups in total. The van der Waals surface area contributed by atoms with Gasteiger partial charge >= 0.3 is 0 Å². The van der Waals surface area contributed by atoms with Crippen LogP contribution in [0.3, 0.4) is 0 Å². The van der Waals surface area contributed by atoms with Gasteiger partial charge in [-0.15, -0.1) is 0 Å². The maximum absolute atomic E-state index is 11.6. The fourth-order valence-electron chi connectivity index (χ4n) is 1.15. The number of carbonyl (C=O) groups excluding carboxylic acids is 1. The highest BCUT2D eigenvalue weighted by atomic mass is 35.5. The van der Waals surface area contributed by atoms with Crippen molar-refractivity contribution in [3.05, 3.63) is 47.0 Å². The molecule has 0 unspecified atom stereocenters. The van der Waals surface area contributed by atoms with Gasteiger partial charge in [-0.1, -0.05) is 0 Å². The van der Waals surface area contributed by atoms with Crippen LogP contribution in [0.1, 0.15) is 16.1 Å². The van der Waals surface area contributed by atoms with Gasteiger partial charge in [0.25, 0.3) is 5.91 Å². The largest absolute Gasteiger partial charge is 0.440 e. The fraction of sp³-hybridized carbons (Fsp3) is 0. The van der Waals surface area contributed by atoms with Gasteiger partial charge in [0.15, 0.2) is 11.0 Å². The normalized spacial score (nSPS) is 9.65. The number of nitriles is 1. The number of anilines is 1. The summed E-state index contributed by atoms with van der Waals surface area (Å²) in [6, 6.07) is 7.95. The van der Waals surface area contributed by atoms with E-state index >= 15 is 0 Å². The summed E-state index contributed by atoms with van der Waals surface area (Å²) >= 11 is 5.55. The first-order chi connectivity index (χ1) is 8.19. The molecule has 0 saturated heterocycles. The van der Waals surface area contributed by atoms with Crippen molar-refractivity contribution >= 4 is 23.3 Å². The molecule has 0 radical (unpaired) electrons. The zero-order valence-electron chi connectivity index (χ0n) is 8.48. The van der Waals surface area contributed by atoms with Crippen molar-refractivity contribution in [2.75, 3.05) is 5.32 Å². The number of amides is 1. The number of nitrogens with one attached hydrogen (secondary N) is 1. The van der Waals surface area contributed by atoms with Gasteiger partial charge in [0, 0.05) is 6.20 Å². The van der Waals surface area contributed by atoms with Gasteiger partial charge in [-0.2, -0.15) is 5.26 Å². The number of hydrogen-bond acceptors (Lipinski definition) is 4. The Kier molecular flexibility index (Phi) is 3.08. The van der Waals surface area contributed by atoms with E-state index in [1.54, 1.807) is 6.07 Å². The molecule has 84 valence electrons. The zero-order valence-corrected chi connectivity index (χ0v) is 9.23. The van der Waals surface area contributed by atoms with Gasteiger partial charge in [-0.05, 0) is 35.9 Å². The second-order valence-electron chi connectivity index (χ2n) is 3.10. The second-order valence-corrected chi connectivity index (χ2v) is 3.47. The Morgan fingerprint density at radius 3 is 2.76 bits per heavy atom. The molecule has 0 aliphatic heterocycles. The number of hydrogen-bond donors (Lipinski definition) is 1. The van der Waals surface area contributed by atoms with E-state index in [2.05, 4.69) is 10.3 Å². The van der Waals surface area contributed by atoms with Crippen molar-refractivity contribution in [3.63, 3.8) is 0 Å². The predicted molar refractivity (Wildman–Crippen MR) is 60.6 cm³/mol. The lowest BCUT2D eigenvalue weighted by Crippen LogP contribution is -2.11. The Balaban J connectivity index is 2.11. The van der Waals surface area contributed by atoms with Crippen LogP contribution < -0.4 is 5.32 Å². The van der Waals surface area contributed by atoms with Crippen LogP contribution in [0, 0.1) is 11.3 Å². The standard InChI is InChI=1S/C11H6ClN3O2/c12-9-3-2-8(17-9)11(16)15-10-4-1-7(5-13)6-14-10/h1-4,6H,(H,14,15,16). The van der Waals surface area contributed by atoms with Gasteiger partial charge in [0.1, 0.15) is 11.9 Å². The van der Waals surface area contributed by atoms with E-state index in [-0.39, 0.29) is 11.0 Å². The number of aromatic nitrogens is 1. The van der Waals surface area contributed by atoms with Gasteiger partial charge in [-0.25, -0.2) is 4.98 Å². The van der Waals surface area contributed by atoms with E-state index in [1.165, 1.54) is 24.4 Å². The number of halogens is 1. The van der Waals surface area contributed by atoms with E-state index in [9.17, 15) is 4.79 Å². The summed E-state index contributed by atoms with van der Waals surface area (Å²) < 4.78 is 4.94. The number of rotatable bonds is 2. The van der Waals surface area contributed by atoms with Gasteiger partial charge in [-0.3, -0.25) is 4.79 Å². The number of furan rings is 1. The van der Waals surface area contributed by atoms with Crippen LogP contribution in [-0.2, 0) is 0 Å². The molecule has 0 aliphatic carbocycles. The van der Waals surface area contributed by atoms with Crippen molar-refractivity contribution in [1.82, 2.24) is 4.98 Å². The van der Waals surface area contributed by atoms with Crippen molar-refractivity contribution in [3.8, 4) is 6.07 Å². The van der Waals surface area contributed by atoms with Crippen LogP contribution in [0.2, 0.25) is 5.22 Å². The highest BCUT2D eigenvalue weighted by Crippen LogP contribution is 2.14. The summed E-state index contributed by atoms with van der Waals surface area (Å²) in [6.07, 6.45) is 1.37. The maximum atomic E-state index is 11.6. The maximum Gasteiger partial charge on any atom is 0.292 e. The first kappa shape index (κ1) is 11.2. The molecule has 6 heteroatoms. The van der Waals surface area contributed by atoms with Crippen molar-refractivity contribution in [2.24, 2.45) is 0 Å². The lowest BCUT2D eigenvalue weighted by molar-refractivity contribution is 0.0996. The average Bonchev–Trinajstić information content (AvgIpc) is 2.77. The lowest BCUT2D eigenvalue weighted by Gasteiger charge is -2.01. The third-order valence-corrected chi connectivity index (χ3v) is 2.13. The van der Waals surface area contributed by atoms with E-state index in [0.29, 0.717) is 11.4 Å². The third kappa shape index (κ3) is 2.62. The first-order valence-electron chi connectivity index (χ1n) is 4.62. The van der Waals surface area contributed by atoms with Crippen LogP contribution in [0.15, 0.2) is 34.9 Å². The summed E-state index contributed by atoms with van der Waals surface area (Å²) in [5.74, 6) is -0.0169. The summed E-state index contributed by atoms with van der Waals surface area (Å²) in [4.78, 5) is 15.5. The quantitative estimate of drug-likeness (QED) is 0.884. The SMILES string of the molecule is N#Cc1ccc(NC(=O)c2ccc(Cl)o2)nc1. The molecule has 5 nitrogen and oxygen atoms in total. The monoisotopic (exact) mass is 247 g/mol. The molecule has 0 spiro atoms. The molecule has 2 aromatic rings. The van der Waals surface area contributed by atoms with Crippen LogP contribution in [0.4, 0.5) is 5.82 Å². The highest BCUT2D eigenvalue weighted by Gasteiger charge is 2.11. The third-order valence-electron chi connectivity index (χ3n) is 1.93. The smallest absolute Gasteiger partial charge is 0.292 e. The van der Waals surface area contributed by atoms with Gasteiger partial charge in [0.2, 0.25) is 0 Å². The molecule has 0 saturated carbocycles. The summed E-state index contributed by atoms with van der Waals surface area (Å²) in [5.41, 5.74) is 0.420. The molecule has 0 aromatic carbocycles. The molecule has 1 amide bonds. The topological polar surface area (TPSA) is 78.9 Å². The number of carbonyl (C=O) groups is 1. The molecule has 2 heterocycles. The molecule has 0 aliphatic rings. The second kappa shape index (κ2) is 4.68. The van der Waals surface area contributed by atoms with Crippen molar-refractivity contribution in [2.45, 2.75) is 0 Å². The van der Waals surface area contributed by atoms with Crippen LogP contribution in [0.25, 0.3) is 0 Å². The van der Waals surface area contributed by atoms with Crippen LogP contribution in [-0.4, -0.2) is 10.9 Å². The minimum absolute atomic E-state index is 0.0983. The Morgan fingerprint density at radius 2 is 2.24 bits per heavy atom. The van der Waals surface area contributed by atoms with Crippen molar-refractivity contribution in [1.29, 1.82) is 5.26 Å². The molecular formula is C11H6ClN3O2. The molecule has 17 heavy (non-hydrogen) atoms. The minimum atomic E-state index is -0.450. The number of nitrogens with zero attached hydrogens (tertiary/aromatic N) is 2. The average molecular weight is 248 g/mol. The van der Waals surface area contributed by atoms with E-state index < -0.39 is 5.91 Å². The predicted octanol–water partition coefficient (Wildman–Crippen LogP) is 2.45. The Morgan fingerprint density at radius 1 is 1.41 bits per heavy atom. The van der Waals surface area contributed by atoms with Gasteiger partial charge in [0.05, 0.1) is 5.56 Å². The minimum Gasteiger partial charge on any atom is -0.440 e. The molecule has 2 rings (SSSR count). The Bertz CT molecular complexity index is 584. The summed E-state index contributed by atoms with van der Waals surface area (Å²) in [5, 5.41) is 11.2. The molecule has 0 atom stereocenters. The van der Waals surface area contributed by atoms with E-state index in [4.69, 9.17) is 21.3 Å². The molecular weight excluding hydrogens is 242 g/mol. The summed E-state index contributed by atoms with van der Waals surface area (Å²) in [7, 11) is 0. The Hall–Kier alpha value is -2.32. The summed E-state index contributed by atoms with van der Waals surface area (Å²) in [6.45, 7) is 0. The Labute approximate surface area is 102 Å². The van der Waals surface area contributed by atoms with Crippen LogP contribution in [0.5, 0.6) is 0 Å². The molecule has 0 fully saturated rings. The van der Waals surface area contributed by atoms with Gasteiger partial charge < -0.3 is 9.73 Å². The lowest BCUT2D eigenvalue weighted by atomic mass is 10.3. The first-order valence-corrected chi connectivity index (χ1v) is 4.99. The van der Waals surface area contributed by atoms with Crippen molar-refractivity contribution < 1.29 is 9.21 Å². The van der Waals surface area contributed by atoms with E-state index in [0.717, 1.165) is 0 Å². The van der Waals surface area contributed by atoms with Crippen LogP contribution >= 0.6 is 11.6 Å². The van der Waals surface area contributed by atoms with E-state index in [1.807, 2.05) is 6.07 Å². The number of pyridine rings is 1. The zero-order chi connectivity index (χ0) is 12.3.